The number of rotatable bonds is 7. The number of nitrogens with zero attached hydrogens (tertiary/aromatic N) is 3. The Morgan fingerprint density at radius 3 is 2.38 bits per heavy atom. The number of alkyl halides is 2. The van der Waals surface area contributed by atoms with Crippen molar-refractivity contribution in [2.75, 3.05) is 11.7 Å². The van der Waals surface area contributed by atoms with E-state index in [-0.39, 0.29) is 25.4 Å². The number of aromatic nitrogens is 1. The van der Waals surface area contributed by atoms with Crippen LogP contribution in [0.15, 0.2) is 53.5 Å². The summed E-state index contributed by atoms with van der Waals surface area (Å²) in [6, 6.07) is 8.20. The number of halogens is 5. The second kappa shape index (κ2) is 11.5. The fraction of sp³-hybridized carbons (Fsp3) is 0.345. The van der Waals surface area contributed by atoms with Crippen molar-refractivity contribution < 1.29 is 36.3 Å². The lowest BCUT2D eigenvalue weighted by Gasteiger charge is -2.42. The third-order valence-corrected chi connectivity index (χ3v) is 7.74. The lowest BCUT2D eigenvalue weighted by Crippen LogP contribution is -2.58. The molecule has 2 amide bonds. The third-order valence-electron chi connectivity index (χ3n) is 7.74. The van der Waals surface area contributed by atoms with E-state index in [1.165, 1.54) is 16.5 Å². The molecule has 1 aromatic heterocycles. The van der Waals surface area contributed by atoms with Crippen LogP contribution < -0.4 is 20.5 Å². The summed E-state index contributed by atoms with van der Waals surface area (Å²) in [5.41, 5.74) is -1.70. The van der Waals surface area contributed by atoms with Gasteiger partial charge in [-0.3, -0.25) is 24.1 Å². The van der Waals surface area contributed by atoms with Gasteiger partial charge >= 0.3 is 0 Å². The Bertz CT molecular complexity index is 1560. The second-order valence-electron chi connectivity index (χ2n) is 10.4. The number of pyridine rings is 1. The van der Waals surface area contributed by atoms with Gasteiger partial charge in [0.25, 0.3) is 11.8 Å². The quantitative estimate of drug-likeness (QED) is 0.418. The van der Waals surface area contributed by atoms with E-state index in [0.29, 0.717) is 17.7 Å². The van der Waals surface area contributed by atoms with Crippen LogP contribution in [0.4, 0.5) is 22.0 Å². The highest BCUT2D eigenvalue weighted by atomic mass is 19.3. The molecule has 0 spiro atoms. The van der Waals surface area contributed by atoms with Gasteiger partial charge in [0.1, 0.15) is 36.3 Å². The number of fused-ring (bicyclic) bond motifs is 4. The number of ether oxygens (including phenoxy) is 1. The average molecular weight is 591 g/mol. The molecule has 3 aromatic rings. The summed E-state index contributed by atoms with van der Waals surface area (Å²) in [6.45, 7) is 2.26. The summed E-state index contributed by atoms with van der Waals surface area (Å²) in [5.74, 6) is -6.97. The van der Waals surface area contributed by atoms with Crippen molar-refractivity contribution >= 4 is 11.8 Å². The first-order chi connectivity index (χ1) is 20.0. The lowest BCUT2D eigenvalue weighted by atomic mass is 9.94. The number of nitrogens with one attached hydrogen (secondary N) is 1. The first-order valence-corrected chi connectivity index (χ1v) is 13.2. The number of hydrogen-bond acceptors (Lipinski definition) is 5. The van der Waals surface area contributed by atoms with Crippen LogP contribution >= 0.6 is 0 Å². The molecule has 1 fully saturated rings. The largest absolute Gasteiger partial charge is 0.482 e. The Kier molecular flexibility index (Phi) is 7.93. The van der Waals surface area contributed by atoms with E-state index in [0.717, 1.165) is 6.20 Å². The van der Waals surface area contributed by atoms with Crippen molar-refractivity contribution in [1.82, 2.24) is 14.9 Å². The molecule has 2 bridgehead atoms. The monoisotopic (exact) mass is 590 g/mol. The summed E-state index contributed by atoms with van der Waals surface area (Å²) in [6.07, 6.45) is -1.60. The second-order valence-corrected chi connectivity index (χ2v) is 10.4. The minimum absolute atomic E-state index is 0.0129. The molecular formula is C29H27F5N4O4. The first kappa shape index (κ1) is 29.1. The number of amides is 2. The maximum atomic E-state index is 14.2. The summed E-state index contributed by atoms with van der Waals surface area (Å²) in [5, 5.41) is 3.84. The Hall–Kier alpha value is -4.42. The molecule has 3 atom stereocenters. The van der Waals surface area contributed by atoms with E-state index in [1.807, 2.05) is 0 Å². The van der Waals surface area contributed by atoms with Crippen molar-refractivity contribution in [3.63, 3.8) is 0 Å². The maximum Gasteiger partial charge on any atom is 0.278 e. The molecule has 2 aliphatic heterocycles. The summed E-state index contributed by atoms with van der Waals surface area (Å²) in [7, 11) is 0. The van der Waals surface area contributed by atoms with E-state index in [4.69, 9.17) is 4.74 Å². The zero-order chi connectivity index (χ0) is 30.3. The minimum Gasteiger partial charge on any atom is -0.482 e. The molecule has 3 heterocycles. The van der Waals surface area contributed by atoms with Crippen LogP contribution in [0.5, 0.6) is 5.75 Å². The van der Waals surface area contributed by atoms with Crippen LogP contribution in [0.1, 0.15) is 52.2 Å². The van der Waals surface area contributed by atoms with Crippen LogP contribution in [-0.2, 0) is 13.2 Å². The van der Waals surface area contributed by atoms with E-state index in [9.17, 15) is 36.3 Å². The highest BCUT2D eigenvalue weighted by molar-refractivity contribution is 5.99. The Morgan fingerprint density at radius 2 is 1.74 bits per heavy atom. The Morgan fingerprint density at radius 1 is 1.07 bits per heavy atom. The molecule has 5 rings (SSSR count). The van der Waals surface area contributed by atoms with Crippen molar-refractivity contribution in [1.29, 1.82) is 0 Å². The molecule has 8 nitrogen and oxygen atoms in total. The highest BCUT2D eigenvalue weighted by Gasteiger charge is 2.45. The van der Waals surface area contributed by atoms with Gasteiger partial charge < -0.3 is 15.0 Å². The molecule has 2 aromatic carbocycles. The van der Waals surface area contributed by atoms with Crippen molar-refractivity contribution in [3.8, 4) is 5.75 Å². The summed E-state index contributed by atoms with van der Waals surface area (Å²) >= 11 is 0. The number of carbonyl (C=O) groups is 2. The van der Waals surface area contributed by atoms with Gasteiger partial charge in [0.05, 0.1) is 0 Å². The van der Waals surface area contributed by atoms with Crippen molar-refractivity contribution in [3.05, 3.63) is 98.7 Å². The van der Waals surface area contributed by atoms with Gasteiger partial charge in [0.2, 0.25) is 11.9 Å². The van der Waals surface area contributed by atoms with Crippen LogP contribution in [0.25, 0.3) is 0 Å². The molecule has 0 unspecified atom stereocenters. The smallest absolute Gasteiger partial charge is 0.278 e. The number of hydrogen-bond donors (Lipinski definition) is 1. The fourth-order valence-corrected chi connectivity index (χ4v) is 5.35. The molecule has 222 valence electrons. The van der Waals surface area contributed by atoms with Crippen molar-refractivity contribution in [2.24, 2.45) is 5.92 Å². The first-order valence-electron chi connectivity index (χ1n) is 13.2. The van der Waals surface area contributed by atoms with Crippen LogP contribution in [0.3, 0.4) is 0 Å². The van der Waals surface area contributed by atoms with Gasteiger partial charge in [0.15, 0.2) is 11.4 Å². The predicted octanol–water partition coefficient (Wildman–Crippen LogP) is 4.19. The van der Waals surface area contributed by atoms with Gasteiger partial charge in [0, 0.05) is 48.4 Å². The fourth-order valence-electron chi connectivity index (χ4n) is 5.35. The van der Waals surface area contributed by atoms with Gasteiger partial charge in [-0.1, -0.05) is 30.3 Å². The van der Waals surface area contributed by atoms with E-state index >= 15 is 0 Å². The average Bonchev–Trinajstić information content (AvgIpc) is 3.05. The standard InChI is InChI=1S/C29H27F5N4O4/c1-15-8-19(27(33)34)16(2)36-14-38(15)37-12-21(28(40)35-11-20-22(31)9-18(30)10-23(20)32)25(39)26(24(37)29(36)41)42-13-17-6-4-3-5-7-17/h3-7,9-10,12,15-16,19,27H,8,11,13-14H2,1-2H3,(H,35,40)/t15-,16+,19-/m1/s1. The van der Waals surface area contributed by atoms with E-state index < -0.39 is 82.5 Å². The Balaban J connectivity index is 1.58. The van der Waals surface area contributed by atoms with E-state index in [1.54, 1.807) is 42.3 Å². The van der Waals surface area contributed by atoms with Crippen molar-refractivity contribution in [2.45, 2.75) is 51.9 Å². The molecule has 0 radical (unpaired) electrons. The SMILES string of the molecule is C[C@@H]1C[C@@H](C(F)F)[C@H](C)N2CN1n1cc(C(=O)NCc3c(F)cc(F)cc3F)c(=O)c(OCc3ccccc3)c1C2=O. The van der Waals surface area contributed by atoms with Gasteiger partial charge in [-0.05, 0) is 25.8 Å². The Labute approximate surface area is 237 Å². The summed E-state index contributed by atoms with van der Waals surface area (Å²) in [4.78, 5) is 41.9. The minimum atomic E-state index is -2.71. The molecule has 1 saturated heterocycles. The molecule has 2 aliphatic rings. The van der Waals surface area contributed by atoms with Crippen LogP contribution in [0.2, 0.25) is 0 Å². The molecule has 42 heavy (non-hydrogen) atoms. The predicted molar refractivity (Wildman–Crippen MR) is 141 cm³/mol. The molecular weight excluding hydrogens is 563 g/mol. The normalized spacial score (nSPS) is 19.9. The molecule has 0 aliphatic carbocycles. The third kappa shape index (κ3) is 5.30. The number of carbonyl (C=O) groups excluding carboxylic acids is 2. The summed E-state index contributed by atoms with van der Waals surface area (Å²) < 4.78 is 76.7. The van der Waals surface area contributed by atoms with Crippen LogP contribution in [0, 0.1) is 23.4 Å². The zero-order valence-electron chi connectivity index (χ0n) is 22.6. The molecule has 0 saturated carbocycles. The topological polar surface area (TPSA) is 83.9 Å². The lowest BCUT2D eigenvalue weighted by molar-refractivity contribution is 0.0206. The van der Waals surface area contributed by atoms with E-state index in [2.05, 4.69) is 5.32 Å². The zero-order valence-corrected chi connectivity index (χ0v) is 22.6. The van der Waals surface area contributed by atoms with Crippen LogP contribution in [-0.4, -0.2) is 46.6 Å². The molecule has 13 heteroatoms. The highest BCUT2D eigenvalue weighted by Crippen LogP contribution is 2.34. The van der Waals surface area contributed by atoms with Gasteiger partial charge in [-0.15, -0.1) is 0 Å². The number of benzene rings is 2. The van der Waals surface area contributed by atoms with Gasteiger partial charge in [-0.2, -0.15) is 0 Å². The maximum absolute atomic E-state index is 14.2. The molecule has 1 N–H and O–H groups in total. The van der Waals surface area contributed by atoms with Gasteiger partial charge in [-0.25, -0.2) is 22.0 Å².